The maximum absolute atomic E-state index is 14.7. The molecule has 2 aromatic carbocycles. The van der Waals surface area contributed by atoms with Gasteiger partial charge in [-0.25, -0.2) is 4.39 Å². The van der Waals surface area contributed by atoms with E-state index in [9.17, 15) is 18.8 Å². The number of hydrogen-bond acceptors (Lipinski definition) is 3. The molecule has 140 valence electrons. The van der Waals surface area contributed by atoms with E-state index >= 15 is 0 Å². The summed E-state index contributed by atoms with van der Waals surface area (Å²) in [6.07, 6.45) is 0. The van der Waals surface area contributed by atoms with Gasteiger partial charge in [0.05, 0.1) is 16.8 Å². The van der Waals surface area contributed by atoms with Gasteiger partial charge in [0.25, 0.3) is 5.91 Å². The van der Waals surface area contributed by atoms with Crippen molar-refractivity contribution in [3.63, 3.8) is 0 Å². The van der Waals surface area contributed by atoms with Gasteiger partial charge in [-0.3, -0.25) is 19.3 Å². The quantitative estimate of drug-likeness (QED) is 0.581. The molecule has 0 aliphatic carbocycles. The van der Waals surface area contributed by atoms with E-state index in [0.717, 1.165) is 10.5 Å². The fourth-order valence-corrected chi connectivity index (χ4v) is 3.53. The number of carbonyl (C=O) groups is 3. The molecule has 6 heteroatoms. The van der Waals surface area contributed by atoms with Crippen molar-refractivity contribution in [1.82, 2.24) is 0 Å². The molecule has 1 fully saturated rings. The maximum atomic E-state index is 14.7. The summed E-state index contributed by atoms with van der Waals surface area (Å²) in [5.74, 6) is -4.49. The summed E-state index contributed by atoms with van der Waals surface area (Å²) in [6, 6.07) is 10.5. The third kappa shape index (κ3) is 3.28. The zero-order valence-electron chi connectivity index (χ0n) is 15.2. The Kier molecular flexibility index (Phi) is 5.16. The summed E-state index contributed by atoms with van der Waals surface area (Å²) >= 11 is 5.88. The van der Waals surface area contributed by atoms with Gasteiger partial charge in [-0.15, -0.1) is 0 Å². The molecule has 4 nitrogen and oxygen atoms in total. The summed E-state index contributed by atoms with van der Waals surface area (Å²) < 4.78 is 14.7. The number of aryl methyl sites for hydroxylation is 1. The first kappa shape index (κ1) is 19.2. The van der Waals surface area contributed by atoms with E-state index in [1.807, 2.05) is 19.1 Å². The number of ketones is 2. The third-order valence-electron chi connectivity index (χ3n) is 4.79. The van der Waals surface area contributed by atoms with Crippen LogP contribution >= 0.6 is 11.6 Å². The fraction of sp³-hybridized carbons (Fsp3) is 0.286. The second-order valence-corrected chi connectivity index (χ2v) is 7.41. The first-order valence-corrected chi connectivity index (χ1v) is 9.03. The van der Waals surface area contributed by atoms with Crippen LogP contribution < -0.4 is 4.90 Å². The molecule has 0 spiro atoms. The van der Waals surface area contributed by atoms with Crippen molar-refractivity contribution in [2.45, 2.75) is 26.8 Å². The molecule has 2 aromatic rings. The Balaban J connectivity index is 2.22. The monoisotopic (exact) mass is 387 g/mol. The van der Waals surface area contributed by atoms with E-state index in [-0.39, 0.29) is 16.5 Å². The van der Waals surface area contributed by atoms with Crippen molar-refractivity contribution in [2.24, 2.45) is 11.8 Å². The van der Waals surface area contributed by atoms with Crippen molar-refractivity contribution < 1.29 is 18.8 Å². The Morgan fingerprint density at radius 3 is 2.33 bits per heavy atom. The van der Waals surface area contributed by atoms with Crippen LogP contribution in [0.15, 0.2) is 42.5 Å². The molecule has 27 heavy (non-hydrogen) atoms. The van der Waals surface area contributed by atoms with E-state index in [2.05, 4.69) is 0 Å². The first-order chi connectivity index (χ1) is 12.7. The molecule has 3 rings (SSSR count). The highest BCUT2D eigenvalue weighted by Gasteiger charge is 2.53. The zero-order valence-corrected chi connectivity index (χ0v) is 16.0. The van der Waals surface area contributed by atoms with Crippen LogP contribution in [0.5, 0.6) is 0 Å². The zero-order chi connectivity index (χ0) is 19.9. The van der Waals surface area contributed by atoms with Gasteiger partial charge in [0.15, 0.2) is 5.82 Å². The summed E-state index contributed by atoms with van der Waals surface area (Å²) in [6.45, 7) is 5.25. The number of rotatable bonds is 4. The van der Waals surface area contributed by atoms with Crippen LogP contribution in [-0.4, -0.2) is 17.5 Å². The Labute approximate surface area is 161 Å². The normalized spacial score (nSPS) is 19.9. The van der Waals surface area contributed by atoms with E-state index in [1.165, 1.54) is 18.2 Å². The second-order valence-electron chi connectivity index (χ2n) is 7.00. The molecule has 1 heterocycles. The lowest BCUT2D eigenvalue weighted by Gasteiger charge is -2.28. The van der Waals surface area contributed by atoms with Crippen LogP contribution in [0, 0.1) is 24.6 Å². The molecule has 1 amide bonds. The molecule has 2 unspecified atom stereocenters. The number of amides is 1. The Bertz CT molecular complexity index is 924. The van der Waals surface area contributed by atoms with Crippen LogP contribution in [0.2, 0.25) is 5.02 Å². The molecular formula is C21H19ClFNO3. The predicted octanol–water partition coefficient (Wildman–Crippen LogP) is 4.29. The number of halogens is 2. The van der Waals surface area contributed by atoms with E-state index in [0.29, 0.717) is 5.56 Å². The standard InChI is InChI=1S/C21H19ClFNO3/c1-11(2)19(25)16-18(13-9-7-12(3)8-10-13)24(21(27)20(16)26)15-6-4-5-14(22)17(15)23/h4-11,16,18H,1-3H3. The molecule has 2 atom stereocenters. The molecular weight excluding hydrogens is 369 g/mol. The van der Waals surface area contributed by atoms with Gasteiger partial charge in [0.1, 0.15) is 11.7 Å². The van der Waals surface area contributed by atoms with Crippen LogP contribution in [0.4, 0.5) is 10.1 Å². The molecule has 0 bridgehead atoms. The number of anilines is 1. The number of carbonyl (C=O) groups excluding carboxylic acids is 3. The van der Waals surface area contributed by atoms with Gasteiger partial charge in [-0.05, 0) is 24.6 Å². The number of Topliss-reactive ketones (excluding diaryl/α,β-unsaturated/α-hetero) is 2. The van der Waals surface area contributed by atoms with Gasteiger partial charge in [0, 0.05) is 5.92 Å². The maximum Gasteiger partial charge on any atom is 0.295 e. The van der Waals surface area contributed by atoms with Crippen molar-refractivity contribution >= 4 is 34.8 Å². The van der Waals surface area contributed by atoms with Crippen molar-refractivity contribution in [3.8, 4) is 0 Å². The minimum Gasteiger partial charge on any atom is -0.298 e. The van der Waals surface area contributed by atoms with Crippen LogP contribution in [0.25, 0.3) is 0 Å². The van der Waals surface area contributed by atoms with Crippen molar-refractivity contribution in [3.05, 3.63) is 64.4 Å². The Morgan fingerprint density at radius 1 is 1.11 bits per heavy atom. The number of benzene rings is 2. The van der Waals surface area contributed by atoms with E-state index < -0.39 is 35.4 Å². The summed E-state index contributed by atoms with van der Waals surface area (Å²) in [5, 5.41) is -0.158. The lowest BCUT2D eigenvalue weighted by Crippen LogP contribution is -2.32. The molecule has 0 radical (unpaired) electrons. The largest absolute Gasteiger partial charge is 0.298 e. The first-order valence-electron chi connectivity index (χ1n) is 8.65. The van der Waals surface area contributed by atoms with Gasteiger partial charge < -0.3 is 0 Å². The second kappa shape index (κ2) is 7.24. The molecule has 0 aromatic heterocycles. The average molecular weight is 388 g/mol. The average Bonchev–Trinajstić information content (AvgIpc) is 2.89. The SMILES string of the molecule is Cc1ccc(C2C(C(=O)C(C)C)C(=O)C(=O)N2c2cccc(Cl)c2F)cc1. The Hall–Kier alpha value is -2.53. The minimum atomic E-state index is -1.18. The summed E-state index contributed by atoms with van der Waals surface area (Å²) in [4.78, 5) is 39.3. The molecule has 0 N–H and O–H groups in total. The van der Waals surface area contributed by atoms with Crippen molar-refractivity contribution in [2.75, 3.05) is 4.90 Å². The highest BCUT2D eigenvalue weighted by molar-refractivity contribution is 6.48. The summed E-state index contributed by atoms with van der Waals surface area (Å²) in [5.41, 5.74) is 1.48. The van der Waals surface area contributed by atoms with Gasteiger partial charge in [-0.2, -0.15) is 0 Å². The molecule has 1 saturated heterocycles. The van der Waals surface area contributed by atoms with Gasteiger partial charge in [0.2, 0.25) is 5.78 Å². The van der Waals surface area contributed by atoms with E-state index in [4.69, 9.17) is 11.6 Å². The lowest BCUT2D eigenvalue weighted by atomic mass is 9.84. The summed E-state index contributed by atoms with van der Waals surface area (Å²) in [7, 11) is 0. The lowest BCUT2D eigenvalue weighted by molar-refractivity contribution is -0.139. The number of nitrogens with zero attached hydrogens (tertiary/aromatic N) is 1. The predicted molar refractivity (Wildman–Crippen MR) is 101 cm³/mol. The highest BCUT2D eigenvalue weighted by Crippen LogP contribution is 2.42. The highest BCUT2D eigenvalue weighted by atomic mass is 35.5. The molecule has 0 saturated carbocycles. The molecule has 1 aliphatic heterocycles. The van der Waals surface area contributed by atoms with E-state index in [1.54, 1.807) is 26.0 Å². The van der Waals surface area contributed by atoms with Gasteiger partial charge in [-0.1, -0.05) is 61.3 Å². The van der Waals surface area contributed by atoms with Crippen LogP contribution in [0.1, 0.15) is 31.0 Å². The topological polar surface area (TPSA) is 54.5 Å². The van der Waals surface area contributed by atoms with Crippen molar-refractivity contribution in [1.29, 1.82) is 0 Å². The van der Waals surface area contributed by atoms with Crippen LogP contribution in [-0.2, 0) is 14.4 Å². The third-order valence-corrected chi connectivity index (χ3v) is 5.08. The fourth-order valence-electron chi connectivity index (χ4n) is 3.36. The number of hydrogen-bond donors (Lipinski definition) is 0. The molecule has 1 aliphatic rings. The Morgan fingerprint density at radius 2 is 1.74 bits per heavy atom. The van der Waals surface area contributed by atoms with Crippen LogP contribution in [0.3, 0.4) is 0 Å². The minimum absolute atomic E-state index is 0.106. The smallest absolute Gasteiger partial charge is 0.295 e. The van der Waals surface area contributed by atoms with Gasteiger partial charge >= 0.3 is 0 Å².